The number of amides is 2. The van der Waals surface area contributed by atoms with E-state index in [1.54, 1.807) is 11.0 Å². The van der Waals surface area contributed by atoms with Crippen LogP contribution in [0.3, 0.4) is 0 Å². The van der Waals surface area contributed by atoms with E-state index in [2.05, 4.69) is 16.8 Å². The fourth-order valence-electron chi connectivity index (χ4n) is 5.21. The Morgan fingerprint density at radius 2 is 1.85 bits per heavy atom. The molecule has 5 rings (SSSR count). The fourth-order valence-corrected chi connectivity index (χ4v) is 5.21. The van der Waals surface area contributed by atoms with Crippen LogP contribution in [0.15, 0.2) is 66.9 Å². The number of rotatable bonds is 8. The Kier molecular flexibility index (Phi) is 7.90. The number of primary amides is 1. The monoisotopic (exact) mass is 535 g/mol. The van der Waals surface area contributed by atoms with Gasteiger partial charge in [-0.25, -0.2) is 0 Å². The number of aromatic nitrogens is 1. The summed E-state index contributed by atoms with van der Waals surface area (Å²) >= 11 is 0. The van der Waals surface area contributed by atoms with Crippen LogP contribution in [0.5, 0.6) is 5.75 Å². The minimum absolute atomic E-state index is 0.139. The molecule has 3 aromatic carbocycles. The molecule has 2 amide bonds. The van der Waals surface area contributed by atoms with Crippen molar-refractivity contribution in [2.45, 2.75) is 45.1 Å². The third kappa shape index (κ3) is 5.73. The van der Waals surface area contributed by atoms with Crippen LogP contribution in [0.1, 0.15) is 65.2 Å². The number of carbonyl (C=O) groups excluding carboxylic acids is 2. The first-order valence-corrected chi connectivity index (χ1v) is 13.6. The van der Waals surface area contributed by atoms with E-state index in [1.807, 2.05) is 74.6 Å². The minimum Gasteiger partial charge on any atom is -0.490 e. The topological polar surface area (TPSA) is 109 Å². The summed E-state index contributed by atoms with van der Waals surface area (Å²) < 4.78 is 6.12. The summed E-state index contributed by atoms with van der Waals surface area (Å²) in [6.45, 7) is 4.35. The third-order valence-corrected chi connectivity index (χ3v) is 7.14. The Balaban J connectivity index is 1.52. The molecule has 7 heteroatoms. The van der Waals surface area contributed by atoms with Gasteiger partial charge in [-0.2, -0.15) is 0 Å². The second kappa shape index (κ2) is 11.7. The molecule has 4 aromatic rings. The van der Waals surface area contributed by atoms with E-state index in [-0.39, 0.29) is 30.1 Å². The van der Waals surface area contributed by atoms with Crippen molar-refractivity contribution in [1.82, 2.24) is 4.98 Å². The molecule has 0 unspecified atom stereocenters. The van der Waals surface area contributed by atoms with Gasteiger partial charge in [0.1, 0.15) is 5.75 Å². The number of hydrogen-bond acceptors (Lipinski definition) is 4. The number of aliphatic hydroxyl groups excluding tert-OH is 1. The highest BCUT2D eigenvalue weighted by atomic mass is 16.5. The zero-order chi connectivity index (χ0) is 28.2. The number of fused-ring (bicyclic) bond motifs is 1. The third-order valence-electron chi connectivity index (χ3n) is 7.14. The zero-order valence-electron chi connectivity index (χ0n) is 22.7. The summed E-state index contributed by atoms with van der Waals surface area (Å²) in [7, 11) is 0. The second-order valence-electron chi connectivity index (χ2n) is 10.4. The van der Waals surface area contributed by atoms with E-state index in [9.17, 15) is 14.7 Å². The van der Waals surface area contributed by atoms with Gasteiger partial charge in [0.2, 0.25) is 5.91 Å². The van der Waals surface area contributed by atoms with Gasteiger partial charge in [-0.1, -0.05) is 30.0 Å². The van der Waals surface area contributed by atoms with Crippen LogP contribution < -0.4 is 15.4 Å². The molecule has 204 valence electrons. The van der Waals surface area contributed by atoms with Gasteiger partial charge in [0, 0.05) is 58.4 Å². The van der Waals surface area contributed by atoms with Gasteiger partial charge in [0.15, 0.2) is 0 Å². The molecule has 1 saturated heterocycles. The van der Waals surface area contributed by atoms with Crippen LogP contribution in [0.4, 0.5) is 5.69 Å². The summed E-state index contributed by atoms with van der Waals surface area (Å²) in [6, 6.07) is 19.1. The number of H-pyrrole nitrogens is 1. The van der Waals surface area contributed by atoms with Gasteiger partial charge in [-0.05, 0) is 74.7 Å². The van der Waals surface area contributed by atoms with Crippen LogP contribution in [-0.2, 0) is 11.2 Å². The van der Waals surface area contributed by atoms with Crippen LogP contribution in [0, 0.1) is 11.8 Å². The number of carbonyl (C=O) groups is 2. The van der Waals surface area contributed by atoms with E-state index in [1.165, 1.54) is 0 Å². The fraction of sp³-hybridized carbons (Fsp3) is 0.273. The molecule has 1 fully saturated rings. The second-order valence-corrected chi connectivity index (χ2v) is 10.4. The van der Waals surface area contributed by atoms with Crippen molar-refractivity contribution < 1.29 is 19.4 Å². The van der Waals surface area contributed by atoms with Gasteiger partial charge >= 0.3 is 0 Å². The number of para-hydroxylation sites is 1. The van der Waals surface area contributed by atoms with Crippen molar-refractivity contribution >= 4 is 28.4 Å². The lowest BCUT2D eigenvalue weighted by Crippen LogP contribution is -2.23. The largest absolute Gasteiger partial charge is 0.490 e. The number of hydrogen-bond donors (Lipinski definition) is 3. The van der Waals surface area contributed by atoms with E-state index in [4.69, 9.17) is 10.5 Å². The molecule has 0 spiro atoms. The maximum atomic E-state index is 12.6. The SMILES string of the molecule is CC(C)Oc1c(C(N)=O)cc(C#Cc2ccc(N3CCCC3=O)cc2)cc1[C@H](CO)Cc1c[nH]c2ccccc12. The van der Waals surface area contributed by atoms with Crippen LogP contribution >= 0.6 is 0 Å². The Morgan fingerprint density at radius 3 is 2.52 bits per heavy atom. The average molecular weight is 536 g/mol. The van der Waals surface area contributed by atoms with E-state index < -0.39 is 5.91 Å². The lowest BCUT2D eigenvalue weighted by atomic mass is 9.88. The van der Waals surface area contributed by atoms with Crippen molar-refractivity contribution in [3.05, 3.63) is 94.7 Å². The van der Waals surface area contributed by atoms with Crippen LogP contribution in [0.2, 0.25) is 0 Å². The molecule has 1 aliphatic heterocycles. The first kappa shape index (κ1) is 27.0. The maximum Gasteiger partial charge on any atom is 0.252 e. The molecule has 0 aliphatic carbocycles. The number of aromatic amines is 1. The predicted molar refractivity (Wildman–Crippen MR) is 157 cm³/mol. The van der Waals surface area contributed by atoms with Crippen molar-refractivity contribution in [2.24, 2.45) is 5.73 Å². The summed E-state index contributed by atoms with van der Waals surface area (Å²) in [6.07, 6.45) is 3.73. The summed E-state index contributed by atoms with van der Waals surface area (Å²) in [5.41, 5.74) is 11.0. The molecule has 1 aromatic heterocycles. The van der Waals surface area contributed by atoms with Gasteiger partial charge < -0.3 is 25.5 Å². The summed E-state index contributed by atoms with van der Waals surface area (Å²) in [4.78, 5) is 29.7. The zero-order valence-corrected chi connectivity index (χ0v) is 22.7. The highest BCUT2D eigenvalue weighted by molar-refractivity contribution is 5.97. The smallest absolute Gasteiger partial charge is 0.252 e. The lowest BCUT2D eigenvalue weighted by molar-refractivity contribution is -0.117. The quantitative estimate of drug-likeness (QED) is 0.279. The first-order chi connectivity index (χ1) is 19.3. The van der Waals surface area contributed by atoms with E-state index in [0.29, 0.717) is 29.7 Å². The molecule has 0 saturated carbocycles. The van der Waals surface area contributed by atoms with Crippen LogP contribution in [-0.4, -0.2) is 41.2 Å². The molecule has 1 aliphatic rings. The molecular formula is C33H33N3O4. The number of anilines is 1. The van der Waals surface area contributed by atoms with Gasteiger partial charge in [0.05, 0.1) is 18.3 Å². The normalized spacial score (nSPS) is 13.9. The number of ether oxygens (including phenoxy) is 1. The first-order valence-electron chi connectivity index (χ1n) is 13.6. The van der Waals surface area contributed by atoms with Crippen molar-refractivity contribution in [1.29, 1.82) is 0 Å². The lowest BCUT2D eigenvalue weighted by Gasteiger charge is -2.23. The Morgan fingerprint density at radius 1 is 1.10 bits per heavy atom. The molecule has 1 atom stereocenters. The summed E-state index contributed by atoms with van der Waals surface area (Å²) in [5.74, 6) is 5.86. The molecule has 0 radical (unpaired) electrons. The molecule has 0 bridgehead atoms. The van der Waals surface area contributed by atoms with Gasteiger partial charge in [-0.3, -0.25) is 9.59 Å². The van der Waals surface area contributed by atoms with Crippen molar-refractivity contribution in [3.8, 4) is 17.6 Å². The maximum absolute atomic E-state index is 12.6. The minimum atomic E-state index is -0.621. The Bertz CT molecular complexity index is 1610. The number of benzene rings is 3. The van der Waals surface area contributed by atoms with E-state index >= 15 is 0 Å². The molecule has 2 heterocycles. The number of nitrogens with two attached hydrogens (primary N) is 1. The highest BCUT2D eigenvalue weighted by Gasteiger charge is 2.25. The van der Waals surface area contributed by atoms with Crippen molar-refractivity contribution in [2.75, 3.05) is 18.1 Å². The number of nitrogens with one attached hydrogen (secondary N) is 1. The number of aliphatic hydroxyl groups is 1. The Hall–Kier alpha value is -4.54. The number of nitrogens with zero attached hydrogens (tertiary/aromatic N) is 1. The molecule has 40 heavy (non-hydrogen) atoms. The molecular weight excluding hydrogens is 502 g/mol. The standard InChI is InChI=1S/C33H33N3O4/c1-21(2)40-32-28(25(20-37)18-24-19-35-30-7-4-3-6-27(24)30)16-23(17-29(32)33(34)39)10-9-22-11-13-26(14-12-22)36-15-5-8-31(36)38/h3-4,6-7,11-14,16-17,19,21,25,35,37H,5,8,15,18,20H2,1-2H3,(H2,34,39)/t25-/m0/s1. The van der Waals surface area contributed by atoms with E-state index in [0.717, 1.165) is 40.7 Å². The summed E-state index contributed by atoms with van der Waals surface area (Å²) in [5, 5.41) is 11.6. The van der Waals surface area contributed by atoms with Gasteiger partial charge in [-0.15, -0.1) is 0 Å². The predicted octanol–water partition coefficient (Wildman–Crippen LogP) is 4.90. The van der Waals surface area contributed by atoms with Crippen LogP contribution in [0.25, 0.3) is 10.9 Å². The Labute approximate surface area is 234 Å². The molecule has 7 nitrogen and oxygen atoms in total. The van der Waals surface area contributed by atoms with Gasteiger partial charge in [0.25, 0.3) is 5.91 Å². The molecule has 4 N–H and O–H groups in total. The highest BCUT2D eigenvalue weighted by Crippen LogP contribution is 2.36. The average Bonchev–Trinajstić information content (AvgIpc) is 3.57. The van der Waals surface area contributed by atoms with Crippen molar-refractivity contribution in [3.63, 3.8) is 0 Å².